The Balaban J connectivity index is 2.42. The Morgan fingerprint density at radius 2 is 1.92 bits per heavy atom. The summed E-state index contributed by atoms with van der Waals surface area (Å²) in [6.07, 6.45) is 5.53. The summed E-state index contributed by atoms with van der Waals surface area (Å²) < 4.78 is 0. The summed E-state index contributed by atoms with van der Waals surface area (Å²) in [6.45, 7) is 6.59. The maximum absolute atomic E-state index is 9.77. The molecule has 0 spiro atoms. The first-order chi connectivity index (χ1) is 6.05. The lowest BCUT2D eigenvalue weighted by molar-refractivity contribution is 0.0752. The lowest BCUT2D eigenvalue weighted by Crippen LogP contribution is -2.51. The average Bonchev–Trinajstić information content (AvgIpc) is 2.09. The monoisotopic (exact) mass is 185 g/mol. The van der Waals surface area contributed by atoms with Crippen molar-refractivity contribution in [3.63, 3.8) is 0 Å². The predicted octanol–water partition coefficient (Wildman–Crippen LogP) is 2.07. The van der Waals surface area contributed by atoms with Crippen molar-refractivity contribution in [1.82, 2.24) is 5.32 Å². The van der Waals surface area contributed by atoms with Crippen molar-refractivity contribution in [2.24, 2.45) is 0 Å². The number of aliphatic hydroxyl groups excluding tert-OH is 1. The van der Waals surface area contributed by atoms with Crippen molar-refractivity contribution < 1.29 is 5.11 Å². The van der Waals surface area contributed by atoms with Gasteiger partial charge in [0, 0.05) is 11.6 Å². The highest BCUT2D eigenvalue weighted by atomic mass is 16.3. The third kappa shape index (κ3) is 3.28. The molecule has 0 unspecified atom stereocenters. The summed E-state index contributed by atoms with van der Waals surface area (Å²) in [5.41, 5.74) is 0.170. The fourth-order valence-electron chi connectivity index (χ4n) is 1.88. The van der Waals surface area contributed by atoms with Gasteiger partial charge in [-0.3, -0.25) is 0 Å². The number of hydrogen-bond donors (Lipinski definition) is 2. The summed E-state index contributed by atoms with van der Waals surface area (Å²) in [6, 6.07) is 0.323. The molecule has 1 aliphatic carbocycles. The van der Waals surface area contributed by atoms with Gasteiger partial charge in [-0.1, -0.05) is 19.8 Å². The highest BCUT2D eigenvalue weighted by molar-refractivity contribution is 4.87. The van der Waals surface area contributed by atoms with Crippen molar-refractivity contribution in [3.05, 3.63) is 0 Å². The molecular formula is C11H23NO. The molecule has 78 valence electrons. The van der Waals surface area contributed by atoms with Crippen LogP contribution in [0.3, 0.4) is 0 Å². The van der Waals surface area contributed by atoms with Gasteiger partial charge in [0.1, 0.15) is 0 Å². The molecule has 1 saturated carbocycles. The molecule has 0 radical (unpaired) electrons. The molecule has 0 amide bonds. The van der Waals surface area contributed by atoms with E-state index >= 15 is 0 Å². The molecule has 0 aliphatic heterocycles. The second-order valence-corrected chi connectivity index (χ2v) is 4.84. The number of nitrogens with one attached hydrogen (secondary N) is 1. The Hall–Kier alpha value is -0.0800. The van der Waals surface area contributed by atoms with Gasteiger partial charge in [-0.15, -0.1) is 0 Å². The van der Waals surface area contributed by atoms with Crippen molar-refractivity contribution in [3.8, 4) is 0 Å². The van der Waals surface area contributed by atoms with E-state index in [1.807, 2.05) is 0 Å². The minimum Gasteiger partial charge on any atom is -0.392 e. The topological polar surface area (TPSA) is 32.3 Å². The second-order valence-electron chi connectivity index (χ2n) is 4.84. The fraction of sp³-hybridized carbons (Fsp3) is 1.00. The normalized spacial score (nSPS) is 30.5. The van der Waals surface area contributed by atoms with E-state index in [1.165, 1.54) is 12.8 Å². The largest absolute Gasteiger partial charge is 0.392 e. The summed E-state index contributed by atoms with van der Waals surface area (Å²) in [4.78, 5) is 0. The van der Waals surface area contributed by atoms with Crippen LogP contribution < -0.4 is 5.32 Å². The third-order valence-corrected chi connectivity index (χ3v) is 3.19. The van der Waals surface area contributed by atoms with E-state index in [9.17, 15) is 5.11 Å². The zero-order chi connectivity index (χ0) is 9.90. The van der Waals surface area contributed by atoms with Crippen LogP contribution in [0.2, 0.25) is 0 Å². The molecule has 1 aliphatic rings. The molecule has 1 rings (SSSR count). The quantitative estimate of drug-likeness (QED) is 0.705. The standard InChI is InChI=1S/C11H23NO/c1-4-11(2,3)12-9-7-5-6-8-10(9)13/h9-10,12-13H,4-8H2,1-3H3/t9-,10-/m0/s1. The molecule has 1 fully saturated rings. The van der Waals surface area contributed by atoms with Gasteiger partial charge in [0.25, 0.3) is 0 Å². The van der Waals surface area contributed by atoms with Gasteiger partial charge in [0.05, 0.1) is 6.10 Å². The molecule has 0 aromatic carbocycles. The minimum atomic E-state index is -0.125. The Labute approximate surface area is 81.7 Å². The summed E-state index contributed by atoms with van der Waals surface area (Å²) in [7, 11) is 0. The maximum atomic E-state index is 9.77. The van der Waals surface area contributed by atoms with E-state index in [0.29, 0.717) is 6.04 Å². The average molecular weight is 185 g/mol. The summed E-state index contributed by atoms with van der Waals surface area (Å²) >= 11 is 0. The van der Waals surface area contributed by atoms with Crippen LogP contribution in [-0.2, 0) is 0 Å². The van der Waals surface area contributed by atoms with Crippen LogP contribution >= 0.6 is 0 Å². The van der Waals surface area contributed by atoms with Gasteiger partial charge in [-0.2, -0.15) is 0 Å². The van der Waals surface area contributed by atoms with E-state index in [2.05, 4.69) is 26.1 Å². The number of hydrogen-bond acceptors (Lipinski definition) is 2. The smallest absolute Gasteiger partial charge is 0.0693 e. The van der Waals surface area contributed by atoms with Crippen LogP contribution in [0.15, 0.2) is 0 Å². The molecule has 2 N–H and O–H groups in total. The van der Waals surface area contributed by atoms with E-state index < -0.39 is 0 Å². The van der Waals surface area contributed by atoms with Crippen LogP contribution in [0.1, 0.15) is 52.9 Å². The molecule has 0 bridgehead atoms. The van der Waals surface area contributed by atoms with Gasteiger partial charge < -0.3 is 10.4 Å². The number of aliphatic hydroxyl groups is 1. The van der Waals surface area contributed by atoms with Gasteiger partial charge in [-0.25, -0.2) is 0 Å². The first-order valence-electron chi connectivity index (χ1n) is 5.51. The van der Waals surface area contributed by atoms with Crippen LogP contribution in [0, 0.1) is 0 Å². The Morgan fingerprint density at radius 1 is 1.31 bits per heavy atom. The molecule has 13 heavy (non-hydrogen) atoms. The van der Waals surface area contributed by atoms with E-state index in [4.69, 9.17) is 0 Å². The molecule has 2 atom stereocenters. The van der Waals surface area contributed by atoms with Crippen LogP contribution in [0.5, 0.6) is 0 Å². The highest BCUT2D eigenvalue weighted by Gasteiger charge is 2.27. The molecule has 0 aromatic heterocycles. The van der Waals surface area contributed by atoms with Crippen LogP contribution in [0.25, 0.3) is 0 Å². The Bertz CT molecular complexity index is 156. The highest BCUT2D eigenvalue weighted by Crippen LogP contribution is 2.21. The summed E-state index contributed by atoms with van der Waals surface area (Å²) in [5, 5.41) is 13.3. The van der Waals surface area contributed by atoms with Gasteiger partial charge in [-0.05, 0) is 33.1 Å². The zero-order valence-corrected chi connectivity index (χ0v) is 9.14. The molecule has 0 aromatic rings. The first-order valence-corrected chi connectivity index (χ1v) is 5.51. The van der Waals surface area contributed by atoms with Crippen molar-refractivity contribution >= 4 is 0 Å². The van der Waals surface area contributed by atoms with Gasteiger partial charge in [0.2, 0.25) is 0 Å². The first kappa shape index (κ1) is 11.0. The van der Waals surface area contributed by atoms with Crippen molar-refractivity contribution in [2.75, 3.05) is 0 Å². The van der Waals surface area contributed by atoms with E-state index in [0.717, 1.165) is 19.3 Å². The molecule has 2 nitrogen and oxygen atoms in total. The minimum absolute atomic E-state index is 0.125. The lowest BCUT2D eigenvalue weighted by Gasteiger charge is -2.36. The maximum Gasteiger partial charge on any atom is 0.0693 e. The Morgan fingerprint density at radius 3 is 2.46 bits per heavy atom. The number of rotatable bonds is 3. The summed E-state index contributed by atoms with van der Waals surface area (Å²) in [5.74, 6) is 0. The molecule has 2 heteroatoms. The van der Waals surface area contributed by atoms with Crippen molar-refractivity contribution in [1.29, 1.82) is 0 Å². The van der Waals surface area contributed by atoms with E-state index in [-0.39, 0.29) is 11.6 Å². The zero-order valence-electron chi connectivity index (χ0n) is 9.14. The second kappa shape index (κ2) is 4.43. The molecule has 0 heterocycles. The van der Waals surface area contributed by atoms with E-state index in [1.54, 1.807) is 0 Å². The predicted molar refractivity (Wildman–Crippen MR) is 55.8 cm³/mol. The lowest BCUT2D eigenvalue weighted by atomic mass is 9.89. The van der Waals surface area contributed by atoms with Crippen molar-refractivity contribution in [2.45, 2.75) is 70.6 Å². The van der Waals surface area contributed by atoms with Crippen LogP contribution in [-0.4, -0.2) is 22.8 Å². The molecular weight excluding hydrogens is 162 g/mol. The Kier molecular flexibility index (Phi) is 3.74. The van der Waals surface area contributed by atoms with Gasteiger partial charge >= 0.3 is 0 Å². The van der Waals surface area contributed by atoms with Gasteiger partial charge in [0.15, 0.2) is 0 Å². The van der Waals surface area contributed by atoms with Crippen LogP contribution in [0.4, 0.5) is 0 Å². The third-order valence-electron chi connectivity index (χ3n) is 3.19. The fourth-order valence-corrected chi connectivity index (χ4v) is 1.88. The molecule has 0 saturated heterocycles. The SMILES string of the molecule is CCC(C)(C)N[C@H]1CCCC[C@@H]1O.